The van der Waals surface area contributed by atoms with Crippen LogP contribution in [0.1, 0.15) is 19.8 Å². The first-order valence-corrected chi connectivity index (χ1v) is 6.34. The average Bonchev–Trinajstić information content (AvgIpc) is 2.81. The maximum absolute atomic E-state index is 12.3. The van der Waals surface area contributed by atoms with Crippen LogP contribution in [0.3, 0.4) is 0 Å². The minimum absolute atomic E-state index is 0.0670. The Balaban J connectivity index is 2.01. The monoisotopic (exact) mass is 239 g/mol. The molecular formula is C12H21N3O2. The SMILES string of the molecule is CC(=O)N1CCN(C)[C@@H](C(=O)N2CCCC2)C1. The summed E-state index contributed by atoms with van der Waals surface area (Å²) in [5.41, 5.74) is 0. The quantitative estimate of drug-likeness (QED) is 0.635. The van der Waals surface area contributed by atoms with E-state index in [-0.39, 0.29) is 17.9 Å². The van der Waals surface area contributed by atoms with Crippen molar-refractivity contribution in [1.29, 1.82) is 0 Å². The molecule has 2 aliphatic heterocycles. The van der Waals surface area contributed by atoms with Crippen LogP contribution in [0.5, 0.6) is 0 Å². The third kappa shape index (κ3) is 2.60. The van der Waals surface area contributed by atoms with Crippen LogP contribution in [0.2, 0.25) is 0 Å². The van der Waals surface area contributed by atoms with Gasteiger partial charge in [-0.2, -0.15) is 0 Å². The Hall–Kier alpha value is -1.10. The first kappa shape index (κ1) is 12.4. The van der Waals surface area contributed by atoms with Gasteiger partial charge in [-0.25, -0.2) is 0 Å². The van der Waals surface area contributed by atoms with Crippen molar-refractivity contribution < 1.29 is 9.59 Å². The number of likely N-dealkylation sites (N-methyl/N-ethyl adjacent to an activating group) is 1. The molecule has 17 heavy (non-hydrogen) atoms. The van der Waals surface area contributed by atoms with E-state index in [0.717, 1.165) is 39.0 Å². The van der Waals surface area contributed by atoms with Crippen molar-refractivity contribution in [2.75, 3.05) is 39.8 Å². The van der Waals surface area contributed by atoms with Crippen molar-refractivity contribution in [2.24, 2.45) is 0 Å². The van der Waals surface area contributed by atoms with Crippen LogP contribution in [0.25, 0.3) is 0 Å². The van der Waals surface area contributed by atoms with E-state index < -0.39 is 0 Å². The van der Waals surface area contributed by atoms with Crippen LogP contribution in [0, 0.1) is 0 Å². The van der Waals surface area contributed by atoms with Gasteiger partial charge in [-0.3, -0.25) is 14.5 Å². The van der Waals surface area contributed by atoms with Crippen molar-refractivity contribution in [3.05, 3.63) is 0 Å². The number of carbonyl (C=O) groups excluding carboxylic acids is 2. The van der Waals surface area contributed by atoms with Crippen molar-refractivity contribution in [2.45, 2.75) is 25.8 Å². The summed E-state index contributed by atoms with van der Waals surface area (Å²) in [5.74, 6) is 0.258. The van der Waals surface area contributed by atoms with Gasteiger partial charge in [-0.15, -0.1) is 0 Å². The van der Waals surface area contributed by atoms with E-state index >= 15 is 0 Å². The molecular weight excluding hydrogens is 218 g/mol. The van der Waals surface area contributed by atoms with Crippen LogP contribution in [0.4, 0.5) is 0 Å². The van der Waals surface area contributed by atoms with Gasteiger partial charge in [-0.05, 0) is 19.9 Å². The lowest BCUT2D eigenvalue weighted by Gasteiger charge is -2.39. The zero-order valence-electron chi connectivity index (χ0n) is 10.7. The molecule has 0 aromatic rings. The molecule has 0 spiro atoms. The summed E-state index contributed by atoms with van der Waals surface area (Å²) in [6, 6.07) is -0.147. The molecule has 0 aromatic heterocycles. The molecule has 2 saturated heterocycles. The Morgan fingerprint density at radius 3 is 2.24 bits per heavy atom. The number of rotatable bonds is 1. The van der Waals surface area contributed by atoms with Crippen molar-refractivity contribution in [3.63, 3.8) is 0 Å². The van der Waals surface area contributed by atoms with Gasteiger partial charge in [0.1, 0.15) is 6.04 Å². The van der Waals surface area contributed by atoms with E-state index in [2.05, 4.69) is 4.90 Å². The number of nitrogens with zero attached hydrogens (tertiary/aromatic N) is 3. The van der Waals surface area contributed by atoms with E-state index in [1.807, 2.05) is 11.9 Å². The third-order valence-corrected chi connectivity index (χ3v) is 3.80. The summed E-state index contributed by atoms with van der Waals surface area (Å²) < 4.78 is 0. The summed E-state index contributed by atoms with van der Waals surface area (Å²) in [4.78, 5) is 29.5. The van der Waals surface area contributed by atoms with Gasteiger partial charge in [0.2, 0.25) is 11.8 Å². The molecule has 0 radical (unpaired) electrons. The highest BCUT2D eigenvalue weighted by molar-refractivity contribution is 5.83. The van der Waals surface area contributed by atoms with Crippen molar-refractivity contribution in [3.8, 4) is 0 Å². The second-order valence-electron chi connectivity index (χ2n) is 4.99. The topological polar surface area (TPSA) is 43.9 Å². The van der Waals surface area contributed by atoms with Gasteiger partial charge in [0, 0.05) is 39.6 Å². The second kappa shape index (κ2) is 5.04. The van der Waals surface area contributed by atoms with Crippen LogP contribution < -0.4 is 0 Å². The lowest BCUT2D eigenvalue weighted by molar-refractivity contribution is -0.141. The Bertz CT molecular complexity index is 313. The number of piperazine rings is 1. The molecule has 0 unspecified atom stereocenters. The standard InChI is InChI=1S/C12H21N3O2/c1-10(16)15-8-7-13(2)11(9-15)12(17)14-5-3-4-6-14/h11H,3-9H2,1-2H3/t11-/m1/s1. The summed E-state index contributed by atoms with van der Waals surface area (Å²) in [6.07, 6.45) is 2.22. The van der Waals surface area contributed by atoms with Gasteiger partial charge in [0.05, 0.1) is 0 Å². The van der Waals surface area contributed by atoms with Crippen molar-refractivity contribution in [1.82, 2.24) is 14.7 Å². The van der Waals surface area contributed by atoms with Gasteiger partial charge >= 0.3 is 0 Å². The van der Waals surface area contributed by atoms with Crippen LogP contribution in [-0.4, -0.2) is 72.3 Å². The molecule has 2 heterocycles. The second-order valence-corrected chi connectivity index (χ2v) is 4.99. The maximum atomic E-state index is 12.3. The molecule has 2 rings (SSSR count). The Kier molecular flexibility index (Phi) is 3.66. The van der Waals surface area contributed by atoms with Gasteiger partial charge in [0.15, 0.2) is 0 Å². The van der Waals surface area contributed by atoms with Gasteiger partial charge in [-0.1, -0.05) is 0 Å². The predicted octanol–water partition coefficient (Wildman–Crippen LogP) is -0.229. The summed E-state index contributed by atoms with van der Waals surface area (Å²) in [5, 5.41) is 0. The van der Waals surface area contributed by atoms with Crippen LogP contribution in [-0.2, 0) is 9.59 Å². The fourth-order valence-electron chi connectivity index (χ4n) is 2.57. The lowest BCUT2D eigenvalue weighted by atomic mass is 10.1. The minimum atomic E-state index is -0.147. The minimum Gasteiger partial charge on any atom is -0.341 e. The fourth-order valence-corrected chi connectivity index (χ4v) is 2.57. The molecule has 0 saturated carbocycles. The molecule has 2 fully saturated rings. The third-order valence-electron chi connectivity index (χ3n) is 3.80. The smallest absolute Gasteiger partial charge is 0.241 e. The van der Waals surface area contributed by atoms with Crippen LogP contribution in [0.15, 0.2) is 0 Å². The van der Waals surface area contributed by atoms with Crippen molar-refractivity contribution >= 4 is 11.8 Å². The summed E-state index contributed by atoms with van der Waals surface area (Å²) in [7, 11) is 1.97. The number of amides is 2. The molecule has 0 aliphatic carbocycles. The predicted molar refractivity (Wildman–Crippen MR) is 64.5 cm³/mol. The highest BCUT2D eigenvalue weighted by Gasteiger charge is 2.34. The van der Waals surface area contributed by atoms with E-state index in [1.165, 1.54) is 0 Å². The molecule has 2 aliphatic rings. The number of hydrogen-bond acceptors (Lipinski definition) is 3. The molecule has 0 N–H and O–H groups in total. The number of likely N-dealkylation sites (tertiary alicyclic amines) is 1. The van der Waals surface area contributed by atoms with Crippen LogP contribution >= 0.6 is 0 Å². The number of carbonyl (C=O) groups is 2. The average molecular weight is 239 g/mol. The highest BCUT2D eigenvalue weighted by Crippen LogP contribution is 2.15. The number of hydrogen-bond donors (Lipinski definition) is 0. The Labute approximate surface area is 102 Å². The largest absolute Gasteiger partial charge is 0.341 e. The molecule has 2 amide bonds. The first-order chi connectivity index (χ1) is 8.09. The normalized spacial score (nSPS) is 26.4. The zero-order valence-corrected chi connectivity index (χ0v) is 10.7. The molecule has 0 aromatic carbocycles. The van der Waals surface area contributed by atoms with E-state index in [1.54, 1.807) is 11.8 Å². The zero-order chi connectivity index (χ0) is 12.4. The highest BCUT2D eigenvalue weighted by atomic mass is 16.2. The first-order valence-electron chi connectivity index (χ1n) is 6.34. The summed E-state index contributed by atoms with van der Waals surface area (Å²) >= 11 is 0. The molecule has 5 heteroatoms. The van der Waals surface area contributed by atoms with E-state index in [0.29, 0.717) is 6.54 Å². The summed E-state index contributed by atoms with van der Waals surface area (Å²) in [6.45, 7) is 5.38. The molecule has 5 nitrogen and oxygen atoms in total. The van der Waals surface area contributed by atoms with E-state index in [9.17, 15) is 9.59 Å². The van der Waals surface area contributed by atoms with Gasteiger partial charge in [0.25, 0.3) is 0 Å². The molecule has 1 atom stereocenters. The Morgan fingerprint density at radius 1 is 1.00 bits per heavy atom. The van der Waals surface area contributed by atoms with Gasteiger partial charge < -0.3 is 9.80 Å². The molecule has 96 valence electrons. The fraction of sp³-hybridized carbons (Fsp3) is 0.833. The maximum Gasteiger partial charge on any atom is 0.241 e. The van der Waals surface area contributed by atoms with E-state index in [4.69, 9.17) is 0 Å². The Morgan fingerprint density at radius 2 is 1.65 bits per heavy atom. The lowest BCUT2D eigenvalue weighted by Crippen LogP contribution is -2.58. The molecule has 0 bridgehead atoms.